The topological polar surface area (TPSA) is 57.6 Å². The van der Waals surface area contributed by atoms with Crippen LogP contribution in [-0.2, 0) is 9.59 Å². The molecule has 23 heavy (non-hydrogen) atoms. The van der Waals surface area contributed by atoms with E-state index in [0.717, 1.165) is 10.5 Å². The molecule has 1 N–H and O–H groups in total. The van der Waals surface area contributed by atoms with Crippen molar-refractivity contribution in [2.24, 2.45) is 0 Å². The Labute approximate surface area is 142 Å². The number of carbonyl (C=O) groups excluding carboxylic acids is 2. The molecule has 0 saturated carbocycles. The molecule has 6 heteroatoms. The summed E-state index contributed by atoms with van der Waals surface area (Å²) in [4.78, 5) is 25.8. The minimum atomic E-state index is -0.802. The third kappa shape index (κ3) is 2.71. The maximum absolute atomic E-state index is 12.6. The van der Waals surface area contributed by atoms with Gasteiger partial charge in [-0.25, -0.2) is 4.90 Å². The highest BCUT2D eigenvalue weighted by Gasteiger charge is 2.40. The highest BCUT2D eigenvalue weighted by atomic mass is 35.5. The van der Waals surface area contributed by atoms with Crippen molar-refractivity contribution < 1.29 is 14.7 Å². The zero-order chi connectivity index (χ0) is 16.7. The molecule has 1 aliphatic heterocycles. The average Bonchev–Trinajstić information content (AvgIpc) is 2.69. The molecule has 0 aliphatic carbocycles. The van der Waals surface area contributed by atoms with Crippen molar-refractivity contribution in [2.45, 2.75) is 6.92 Å². The number of hydrogen-bond acceptors (Lipinski definition) is 3. The van der Waals surface area contributed by atoms with Gasteiger partial charge in [-0.05, 0) is 30.7 Å². The fourth-order valence-electron chi connectivity index (χ4n) is 2.40. The minimum Gasteiger partial charge on any atom is -0.502 e. The number of carbonyl (C=O) groups is 2. The van der Waals surface area contributed by atoms with E-state index in [2.05, 4.69) is 0 Å². The van der Waals surface area contributed by atoms with E-state index in [1.54, 1.807) is 24.3 Å². The van der Waals surface area contributed by atoms with Crippen LogP contribution in [0.5, 0.6) is 0 Å². The van der Waals surface area contributed by atoms with Crippen molar-refractivity contribution in [1.29, 1.82) is 0 Å². The van der Waals surface area contributed by atoms with Crippen LogP contribution in [0.3, 0.4) is 0 Å². The van der Waals surface area contributed by atoms with Crippen LogP contribution in [0.4, 0.5) is 5.69 Å². The maximum atomic E-state index is 12.6. The van der Waals surface area contributed by atoms with Crippen molar-refractivity contribution in [1.82, 2.24) is 0 Å². The van der Waals surface area contributed by atoms with Crippen LogP contribution in [0.25, 0.3) is 5.57 Å². The number of rotatable bonds is 2. The predicted octanol–water partition coefficient (Wildman–Crippen LogP) is 4.14. The van der Waals surface area contributed by atoms with Gasteiger partial charge in [-0.3, -0.25) is 9.59 Å². The van der Waals surface area contributed by atoms with E-state index in [4.69, 9.17) is 23.2 Å². The lowest BCUT2D eigenvalue weighted by atomic mass is 10.0. The van der Waals surface area contributed by atoms with Crippen LogP contribution >= 0.6 is 23.2 Å². The number of halogens is 2. The Balaban J connectivity index is 2.07. The van der Waals surface area contributed by atoms with Crippen molar-refractivity contribution in [2.75, 3.05) is 4.90 Å². The van der Waals surface area contributed by atoms with Gasteiger partial charge in [0.2, 0.25) is 0 Å². The molecule has 0 aromatic heterocycles. The first-order chi connectivity index (χ1) is 10.9. The van der Waals surface area contributed by atoms with Gasteiger partial charge in [0.05, 0.1) is 11.3 Å². The standard InChI is InChI=1S/C17H11Cl2NO3/c1-9-2-4-10(5-3-9)14-15(21)17(23)20(16(14)22)13-7-11(18)6-12(19)8-13/h2-8,21H,1H3. The summed E-state index contributed by atoms with van der Waals surface area (Å²) in [6.07, 6.45) is 0. The highest BCUT2D eigenvalue weighted by molar-refractivity contribution is 6.45. The summed E-state index contributed by atoms with van der Waals surface area (Å²) in [6, 6.07) is 11.3. The van der Waals surface area contributed by atoms with Crippen molar-refractivity contribution in [3.05, 3.63) is 69.4 Å². The van der Waals surface area contributed by atoms with Crippen molar-refractivity contribution in [3.8, 4) is 0 Å². The number of imide groups is 1. The predicted molar refractivity (Wildman–Crippen MR) is 89.7 cm³/mol. The Kier molecular flexibility index (Phi) is 3.88. The molecule has 0 atom stereocenters. The quantitative estimate of drug-likeness (QED) is 0.830. The van der Waals surface area contributed by atoms with Crippen molar-refractivity contribution >= 4 is 46.3 Å². The van der Waals surface area contributed by atoms with Gasteiger partial charge in [0, 0.05) is 10.0 Å². The van der Waals surface area contributed by atoms with E-state index in [-0.39, 0.29) is 21.3 Å². The molecule has 3 rings (SSSR count). The molecular formula is C17H11Cl2NO3. The zero-order valence-electron chi connectivity index (χ0n) is 12.0. The monoisotopic (exact) mass is 347 g/mol. The Morgan fingerprint density at radius 2 is 1.48 bits per heavy atom. The molecule has 2 aromatic rings. The Bertz CT molecular complexity index is 836. The van der Waals surface area contributed by atoms with E-state index >= 15 is 0 Å². The third-order valence-electron chi connectivity index (χ3n) is 3.51. The summed E-state index contributed by atoms with van der Waals surface area (Å²) in [6.45, 7) is 1.90. The summed E-state index contributed by atoms with van der Waals surface area (Å²) in [7, 11) is 0. The van der Waals surface area contributed by atoms with Gasteiger partial charge in [0.1, 0.15) is 0 Å². The van der Waals surface area contributed by atoms with E-state index < -0.39 is 17.6 Å². The third-order valence-corrected chi connectivity index (χ3v) is 3.94. The number of aliphatic hydroxyl groups excluding tert-OH is 1. The molecule has 0 saturated heterocycles. The number of aryl methyl sites for hydroxylation is 1. The van der Waals surface area contributed by atoms with Gasteiger partial charge in [0.15, 0.2) is 5.76 Å². The fourth-order valence-corrected chi connectivity index (χ4v) is 2.92. The van der Waals surface area contributed by atoms with E-state index in [1.807, 2.05) is 6.92 Å². The number of aliphatic hydroxyl groups is 1. The Morgan fingerprint density at radius 3 is 2.04 bits per heavy atom. The van der Waals surface area contributed by atoms with Crippen LogP contribution in [0.15, 0.2) is 48.2 Å². The summed E-state index contributed by atoms with van der Waals surface area (Å²) < 4.78 is 0. The van der Waals surface area contributed by atoms with Crippen molar-refractivity contribution in [3.63, 3.8) is 0 Å². The summed E-state index contributed by atoms with van der Waals surface area (Å²) in [5.74, 6) is -2.01. The number of nitrogens with zero attached hydrogens (tertiary/aromatic N) is 1. The van der Waals surface area contributed by atoms with Crippen LogP contribution in [0.2, 0.25) is 10.0 Å². The van der Waals surface area contributed by atoms with Gasteiger partial charge in [-0.1, -0.05) is 53.0 Å². The van der Waals surface area contributed by atoms with Crippen LogP contribution in [0.1, 0.15) is 11.1 Å². The zero-order valence-corrected chi connectivity index (χ0v) is 13.5. The molecule has 0 bridgehead atoms. The molecule has 4 nitrogen and oxygen atoms in total. The number of amides is 2. The Morgan fingerprint density at radius 1 is 0.913 bits per heavy atom. The van der Waals surface area contributed by atoms with Gasteiger partial charge >= 0.3 is 5.91 Å². The van der Waals surface area contributed by atoms with E-state index in [1.165, 1.54) is 18.2 Å². The molecule has 0 radical (unpaired) electrons. The van der Waals surface area contributed by atoms with Gasteiger partial charge in [0.25, 0.3) is 5.91 Å². The van der Waals surface area contributed by atoms with E-state index in [9.17, 15) is 14.7 Å². The van der Waals surface area contributed by atoms with Crippen LogP contribution in [-0.4, -0.2) is 16.9 Å². The number of benzene rings is 2. The first-order valence-electron chi connectivity index (χ1n) is 6.73. The second-order valence-electron chi connectivity index (χ2n) is 5.16. The maximum Gasteiger partial charge on any atom is 0.301 e. The van der Waals surface area contributed by atoms with Gasteiger partial charge in [-0.15, -0.1) is 0 Å². The first-order valence-corrected chi connectivity index (χ1v) is 7.49. The first kappa shape index (κ1) is 15.6. The lowest BCUT2D eigenvalue weighted by Gasteiger charge is -2.15. The highest BCUT2D eigenvalue weighted by Crippen LogP contribution is 2.34. The number of anilines is 1. The normalized spacial score (nSPS) is 14.8. The molecule has 2 amide bonds. The minimum absolute atomic E-state index is 0.0360. The largest absolute Gasteiger partial charge is 0.502 e. The second-order valence-corrected chi connectivity index (χ2v) is 6.04. The lowest BCUT2D eigenvalue weighted by molar-refractivity contribution is -0.121. The van der Waals surface area contributed by atoms with E-state index in [0.29, 0.717) is 5.56 Å². The molecular weight excluding hydrogens is 337 g/mol. The van der Waals surface area contributed by atoms with Gasteiger partial charge in [-0.2, -0.15) is 0 Å². The summed E-state index contributed by atoms with van der Waals surface area (Å²) >= 11 is 11.8. The SMILES string of the molecule is Cc1ccc(C2=C(O)C(=O)N(c3cc(Cl)cc(Cl)c3)C2=O)cc1. The summed E-state index contributed by atoms with van der Waals surface area (Å²) in [5, 5.41) is 10.7. The lowest BCUT2D eigenvalue weighted by Crippen LogP contribution is -2.31. The average molecular weight is 348 g/mol. The van der Waals surface area contributed by atoms with Crippen LogP contribution < -0.4 is 4.90 Å². The molecule has 1 aliphatic rings. The molecule has 2 aromatic carbocycles. The number of hydrogen-bond donors (Lipinski definition) is 1. The fraction of sp³-hybridized carbons (Fsp3) is 0.0588. The smallest absolute Gasteiger partial charge is 0.301 e. The van der Waals surface area contributed by atoms with Crippen LogP contribution in [0, 0.1) is 6.92 Å². The second kappa shape index (κ2) is 5.72. The Hall–Kier alpha value is -2.30. The molecule has 116 valence electrons. The van der Waals surface area contributed by atoms with Gasteiger partial charge < -0.3 is 5.11 Å². The molecule has 0 unspecified atom stereocenters. The molecule has 0 fully saturated rings. The molecule has 1 heterocycles. The molecule has 0 spiro atoms. The summed E-state index contributed by atoms with van der Waals surface area (Å²) in [5.41, 5.74) is 1.66.